The van der Waals surface area contributed by atoms with Gasteiger partial charge in [-0.2, -0.15) is 0 Å². The normalized spacial score (nSPS) is 14.7. The Kier molecular flexibility index (Phi) is 5.81. The molecule has 0 atom stereocenters. The van der Waals surface area contributed by atoms with Gasteiger partial charge in [0.1, 0.15) is 0 Å². The van der Waals surface area contributed by atoms with Gasteiger partial charge in [-0.3, -0.25) is 9.52 Å². The molecule has 0 unspecified atom stereocenters. The Morgan fingerprint density at radius 2 is 1.92 bits per heavy atom. The molecule has 1 aromatic carbocycles. The maximum absolute atomic E-state index is 12.3. The molecule has 0 bridgehead atoms. The molecule has 0 spiro atoms. The van der Waals surface area contributed by atoms with Crippen molar-refractivity contribution in [2.45, 2.75) is 4.90 Å². The Labute approximate surface area is 160 Å². The fourth-order valence-corrected chi connectivity index (χ4v) is 4.28. The number of ether oxygens (including phenoxy) is 1. The van der Waals surface area contributed by atoms with Crippen molar-refractivity contribution < 1.29 is 17.9 Å². The topological polar surface area (TPSA) is 101 Å². The number of carbonyl (C=O) groups excluding carboxylic acids is 1. The van der Waals surface area contributed by atoms with Crippen LogP contribution in [0.15, 0.2) is 40.7 Å². The molecule has 2 heterocycles. The number of morpholine rings is 1. The zero-order chi connectivity index (χ0) is 18.6. The number of nitrogens with zero attached hydrogens (tertiary/aromatic N) is 2. The molecule has 1 aliphatic heterocycles. The highest BCUT2D eigenvalue weighted by Gasteiger charge is 2.20. The lowest BCUT2D eigenvalue weighted by atomic mass is 10.3. The minimum Gasteiger partial charge on any atom is -0.378 e. The largest absolute Gasteiger partial charge is 0.378 e. The van der Waals surface area contributed by atoms with Crippen molar-refractivity contribution in [1.82, 2.24) is 9.88 Å². The van der Waals surface area contributed by atoms with E-state index in [-0.39, 0.29) is 9.88 Å². The molecular weight excluding hydrogens is 396 g/mol. The molecule has 1 aliphatic rings. The Morgan fingerprint density at radius 1 is 1.23 bits per heavy atom. The fourth-order valence-electron chi connectivity index (χ4n) is 2.26. The van der Waals surface area contributed by atoms with Gasteiger partial charge in [-0.15, -0.1) is 11.3 Å². The molecule has 1 saturated heterocycles. The Bertz CT molecular complexity index is 876. The highest BCUT2D eigenvalue weighted by atomic mass is 32.2. The number of thiazole rings is 1. The van der Waals surface area contributed by atoms with Crippen LogP contribution in [0.4, 0.5) is 10.8 Å². The number of benzene rings is 1. The number of thiocarbonyl (C=S) groups is 1. The molecule has 138 valence electrons. The van der Waals surface area contributed by atoms with Crippen molar-refractivity contribution in [1.29, 1.82) is 0 Å². The predicted molar refractivity (Wildman–Crippen MR) is 103 cm³/mol. The number of sulfonamides is 1. The van der Waals surface area contributed by atoms with Gasteiger partial charge in [0, 0.05) is 30.4 Å². The summed E-state index contributed by atoms with van der Waals surface area (Å²) in [5.41, 5.74) is 0.457. The molecule has 2 aromatic rings. The van der Waals surface area contributed by atoms with Crippen molar-refractivity contribution in [3.05, 3.63) is 35.8 Å². The monoisotopic (exact) mass is 412 g/mol. The summed E-state index contributed by atoms with van der Waals surface area (Å²) in [6.45, 7) is 2.22. The maximum atomic E-state index is 12.3. The van der Waals surface area contributed by atoms with Crippen LogP contribution in [0, 0.1) is 0 Å². The van der Waals surface area contributed by atoms with E-state index in [0.717, 1.165) is 0 Å². The highest BCUT2D eigenvalue weighted by molar-refractivity contribution is 7.93. The van der Waals surface area contributed by atoms with Crippen LogP contribution in [-0.4, -0.2) is 55.5 Å². The maximum Gasteiger partial charge on any atom is 0.283 e. The van der Waals surface area contributed by atoms with Gasteiger partial charge >= 0.3 is 0 Å². The van der Waals surface area contributed by atoms with E-state index in [0.29, 0.717) is 37.1 Å². The molecule has 0 saturated carbocycles. The predicted octanol–water partition coefficient (Wildman–Crippen LogP) is 1.54. The van der Waals surface area contributed by atoms with Crippen LogP contribution in [0.1, 0.15) is 0 Å². The third kappa shape index (κ3) is 4.55. The van der Waals surface area contributed by atoms with Crippen LogP contribution in [0.5, 0.6) is 0 Å². The second-order valence-electron chi connectivity index (χ2n) is 5.33. The average Bonchev–Trinajstić information content (AvgIpc) is 3.14. The van der Waals surface area contributed by atoms with Gasteiger partial charge < -0.3 is 15.0 Å². The van der Waals surface area contributed by atoms with E-state index in [2.05, 4.69) is 15.0 Å². The highest BCUT2D eigenvalue weighted by Crippen LogP contribution is 2.19. The molecule has 2 N–H and O–H groups in total. The third-order valence-electron chi connectivity index (χ3n) is 3.57. The fraction of sp³-hybridized carbons (Fsp3) is 0.267. The van der Waals surface area contributed by atoms with Gasteiger partial charge in [0.2, 0.25) is 0 Å². The average molecular weight is 413 g/mol. The summed E-state index contributed by atoms with van der Waals surface area (Å²) in [6.07, 6.45) is 1.51. The van der Waals surface area contributed by atoms with Gasteiger partial charge in [0.25, 0.3) is 15.9 Å². The number of nitrogens with one attached hydrogen (secondary N) is 2. The standard InChI is InChI=1S/C15H16N4O4S3/c20-13(14(24)19-6-8-23-9-7-19)17-11-1-3-12(4-2-11)26(21,22)18-15-16-5-10-25-15/h1-5,10H,6-9H2,(H,16,18)(H,17,20). The molecule has 0 aliphatic carbocycles. The van der Waals surface area contributed by atoms with Crippen molar-refractivity contribution in [3.63, 3.8) is 0 Å². The second kappa shape index (κ2) is 8.08. The van der Waals surface area contributed by atoms with E-state index >= 15 is 0 Å². The lowest BCUT2D eigenvalue weighted by Crippen LogP contribution is -2.44. The number of anilines is 2. The van der Waals surface area contributed by atoms with Crippen molar-refractivity contribution in [3.8, 4) is 0 Å². The molecule has 11 heteroatoms. The smallest absolute Gasteiger partial charge is 0.283 e. The van der Waals surface area contributed by atoms with Gasteiger partial charge in [-0.25, -0.2) is 13.4 Å². The van der Waals surface area contributed by atoms with E-state index < -0.39 is 15.9 Å². The summed E-state index contributed by atoms with van der Waals surface area (Å²) in [5, 5.41) is 4.64. The number of rotatable bonds is 4. The van der Waals surface area contributed by atoms with Crippen molar-refractivity contribution in [2.75, 3.05) is 36.3 Å². The zero-order valence-corrected chi connectivity index (χ0v) is 16.0. The first-order chi connectivity index (χ1) is 12.5. The van der Waals surface area contributed by atoms with E-state index in [4.69, 9.17) is 17.0 Å². The van der Waals surface area contributed by atoms with Crippen molar-refractivity contribution in [2.24, 2.45) is 0 Å². The molecule has 0 radical (unpaired) electrons. The lowest BCUT2D eigenvalue weighted by molar-refractivity contribution is -0.111. The molecule has 8 nitrogen and oxygen atoms in total. The summed E-state index contributed by atoms with van der Waals surface area (Å²) >= 11 is 6.38. The van der Waals surface area contributed by atoms with Crippen LogP contribution in [0.25, 0.3) is 0 Å². The number of amides is 1. The summed E-state index contributed by atoms with van der Waals surface area (Å²) in [7, 11) is -3.72. The van der Waals surface area contributed by atoms with Crippen LogP contribution in [0.3, 0.4) is 0 Å². The molecule has 3 rings (SSSR count). The number of aromatic nitrogens is 1. The van der Waals surface area contributed by atoms with Crippen LogP contribution < -0.4 is 10.0 Å². The van der Waals surface area contributed by atoms with E-state index in [9.17, 15) is 13.2 Å². The number of hydrogen-bond acceptors (Lipinski definition) is 7. The first-order valence-corrected chi connectivity index (χ1v) is 10.4. The van der Waals surface area contributed by atoms with Gasteiger partial charge in [-0.1, -0.05) is 12.2 Å². The number of carbonyl (C=O) groups is 1. The SMILES string of the molecule is O=C(Nc1ccc(S(=O)(=O)Nc2nccs2)cc1)C(=S)N1CCOCC1. The Morgan fingerprint density at radius 3 is 2.54 bits per heavy atom. The van der Waals surface area contributed by atoms with E-state index in [1.807, 2.05) is 0 Å². The quantitative estimate of drug-likeness (QED) is 0.735. The molecule has 1 aromatic heterocycles. The van der Waals surface area contributed by atoms with E-state index in [1.165, 1.54) is 41.8 Å². The minimum atomic E-state index is -3.72. The molecule has 1 fully saturated rings. The Hall–Kier alpha value is -2.08. The molecular formula is C15H16N4O4S3. The summed E-state index contributed by atoms with van der Waals surface area (Å²) < 4.78 is 32.2. The van der Waals surface area contributed by atoms with Crippen LogP contribution in [-0.2, 0) is 19.6 Å². The van der Waals surface area contributed by atoms with E-state index in [1.54, 1.807) is 10.3 Å². The first-order valence-electron chi connectivity index (χ1n) is 7.66. The first kappa shape index (κ1) is 18.7. The lowest BCUT2D eigenvalue weighted by Gasteiger charge is -2.28. The molecule has 1 amide bonds. The summed E-state index contributed by atoms with van der Waals surface area (Å²) in [6, 6.07) is 5.83. The van der Waals surface area contributed by atoms with Crippen LogP contribution >= 0.6 is 23.6 Å². The van der Waals surface area contributed by atoms with Crippen LogP contribution in [0.2, 0.25) is 0 Å². The zero-order valence-electron chi connectivity index (χ0n) is 13.5. The summed E-state index contributed by atoms with van der Waals surface area (Å²) in [4.78, 5) is 18.2. The van der Waals surface area contributed by atoms with Crippen molar-refractivity contribution >= 4 is 55.3 Å². The molecule has 26 heavy (non-hydrogen) atoms. The second-order valence-corrected chi connectivity index (χ2v) is 8.29. The summed E-state index contributed by atoms with van der Waals surface area (Å²) in [5.74, 6) is -0.404. The van der Waals surface area contributed by atoms with Gasteiger partial charge in [0.15, 0.2) is 10.1 Å². The minimum absolute atomic E-state index is 0.0708. The third-order valence-corrected chi connectivity index (χ3v) is 6.19. The van der Waals surface area contributed by atoms with Gasteiger partial charge in [-0.05, 0) is 24.3 Å². The number of hydrogen-bond donors (Lipinski definition) is 2. The Balaban J connectivity index is 1.63. The van der Waals surface area contributed by atoms with Gasteiger partial charge in [0.05, 0.1) is 18.1 Å².